The Labute approximate surface area is 187 Å². The number of aliphatic hydroxyl groups excluding tert-OH is 1. The molecule has 0 aliphatic heterocycles. The molecular weight excluding hydrogens is 593 g/mol. The molecule has 0 aromatic heterocycles. The Hall–Kier alpha value is -1.94. The van der Waals surface area contributed by atoms with E-state index in [9.17, 15) is 88.2 Å². The SMILES string of the molecule is O=C(CO)OC(F)(F)OC(F)(F)C12C(F)(F)C3(F)C(F)(F)C(F)(C(F)(F)C(F)(C3(F)F)C1(F)F)C2(F)F. The average molecular weight is 596 g/mol. The molecule has 4 fully saturated rings. The molecule has 23 heteroatoms. The maximum atomic E-state index is 14.8. The van der Waals surface area contributed by atoms with Crippen LogP contribution < -0.4 is 0 Å². The molecule has 1 N–H and O–H groups in total. The zero-order valence-corrected chi connectivity index (χ0v) is 16.1. The molecule has 4 aliphatic rings. The van der Waals surface area contributed by atoms with E-state index >= 15 is 0 Å². The van der Waals surface area contributed by atoms with Crippen molar-refractivity contribution < 1.29 is 103 Å². The van der Waals surface area contributed by atoms with Crippen molar-refractivity contribution in [2.75, 3.05) is 6.61 Å². The fraction of sp³-hybridized carbons (Fsp3) is 0.929. The van der Waals surface area contributed by atoms with Gasteiger partial charge in [-0.1, -0.05) is 0 Å². The van der Waals surface area contributed by atoms with E-state index in [0.717, 1.165) is 0 Å². The van der Waals surface area contributed by atoms with Gasteiger partial charge in [-0.05, 0) is 0 Å². The van der Waals surface area contributed by atoms with Crippen molar-refractivity contribution in [3.05, 3.63) is 0 Å². The number of aliphatic hydroxyl groups is 1. The summed E-state index contributed by atoms with van der Waals surface area (Å²) in [5.41, 5.74) is -34.2. The average Bonchev–Trinajstić information content (AvgIpc) is 2.66. The lowest BCUT2D eigenvalue weighted by Crippen LogP contribution is -3.09. The van der Waals surface area contributed by atoms with Gasteiger partial charge >= 0.3 is 70.9 Å². The van der Waals surface area contributed by atoms with Gasteiger partial charge in [-0.2, -0.15) is 35.1 Å². The molecule has 4 aliphatic carbocycles. The van der Waals surface area contributed by atoms with Crippen molar-refractivity contribution in [1.29, 1.82) is 0 Å². The Balaban J connectivity index is 2.59. The molecule has 0 heterocycles. The predicted octanol–water partition coefficient (Wildman–Crippen LogP) is 4.65. The van der Waals surface area contributed by atoms with Crippen LogP contribution in [0.4, 0.5) is 83.4 Å². The van der Waals surface area contributed by atoms with Gasteiger partial charge in [0.1, 0.15) is 6.61 Å². The molecule has 37 heavy (non-hydrogen) atoms. The third-order valence-corrected chi connectivity index (χ3v) is 6.35. The number of halogens is 19. The maximum absolute atomic E-state index is 14.8. The normalized spacial score (nSPS) is 41.9. The first-order chi connectivity index (χ1) is 15.9. The lowest BCUT2D eigenvalue weighted by atomic mass is 9.36. The number of alkyl halides is 19. The molecule has 4 bridgehead atoms. The number of hydrogen-bond acceptors (Lipinski definition) is 4. The highest BCUT2D eigenvalue weighted by atomic mass is 19.4. The monoisotopic (exact) mass is 596 g/mol. The van der Waals surface area contributed by atoms with Crippen LogP contribution in [0.3, 0.4) is 0 Å². The molecule has 216 valence electrons. The van der Waals surface area contributed by atoms with Gasteiger partial charge in [0.05, 0.1) is 0 Å². The third kappa shape index (κ3) is 2.13. The Morgan fingerprint density at radius 3 is 1.08 bits per heavy atom. The number of ether oxygens (including phenoxy) is 2. The quantitative estimate of drug-likeness (QED) is 0.286. The van der Waals surface area contributed by atoms with Crippen molar-refractivity contribution in [2.24, 2.45) is 5.41 Å². The van der Waals surface area contributed by atoms with Crippen LogP contribution in [-0.2, 0) is 14.3 Å². The highest BCUT2D eigenvalue weighted by Gasteiger charge is 3.25. The van der Waals surface area contributed by atoms with E-state index in [0.29, 0.717) is 0 Å². The summed E-state index contributed by atoms with van der Waals surface area (Å²) in [7, 11) is 0. The highest BCUT2D eigenvalue weighted by molar-refractivity contribution is 5.70. The fourth-order valence-corrected chi connectivity index (χ4v) is 4.81. The zero-order valence-electron chi connectivity index (χ0n) is 16.1. The molecule has 0 amide bonds. The van der Waals surface area contributed by atoms with Crippen molar-refractivity contribution in [1.82, 2.24) is 0 Å². The van der Waals surface area contributed by atoms with Gasteiger partial charge in [-0.3, -0.25) is 0 Å². The van der Waals surface area contributed by atoms with E-state index in [4.69, 9.17) is 5.11 Å². The van der Waals surface area contributed by atoms with Crippen LogP contribution in [0.15, 0.2) is 0 Å². The summed E-state index contributed by atoms with van der Waals surface area (Å²) in [6.07, 6.45) is -15.3. The van der Waals surface area contributed by atoms with Gasteiger partial charge in [0, 0.05) is 0 Å². The second-order valence-corrected chi connectivity index (χ2v) is 7.89. The van der Waals surface area contributed by atoms with Crippen molar-refractivity contribution >= 4 is 5.97 Å². The lowest BCUT2D eigenvalue weighted by Gasteiger charge is -2.75. The maximum Gasteiger partial charge on any atom is 0.542 e. The molecule has 0 saturated heterocycles. The minimum atomic E-state index is -8.75. The molecule has 4 rings (SSSR count). The number of carbonyl (C=O) groups is 1. The van der Waals surface area contributed by atoms with E-state index in [1.165, 1.54) is 0 Å². The molecule has 0 atom stereocenters. The minimum Gasteiger partial charge on any atom is -0.385 e. The standard InChI is InChI=1S/C14H3F19O4/c15-4-7(18,19)3(13(30,31)37-14(32,33)36-2(35)1-34)8(20,21)5(16,10(4,24)25)12(28,29)6(17,9(3,22)23)11(4,26)27/h34H,1H2. The first-order valence-corrected chi connectivity index (χ1v) is 8.53. The summed E-state index contributed by atoms with van der Waals surface area (Å²) in [5.74, 6) is -54.4. The number of carbonyl (C=O) groups excluding carboxylic acids is 1. The summed E-state index contributed by atoms with van der Waals surface area (Å²) in [4.78, 5) is 10.6. The minimum absolute atomic E-state index is 1.73. The van der Waals surface area contributed by atoms with E-state index in [1.54, 1.807) is 4.74 Å². The summed E-state index contributed by atoms with van der Waals surface area (Å²) >= 11 is 0. The van der Waals surface area contributed by atoms with Gasteiger partial charge in [-0.15, -0.1) is 8.78 Å². The predicted molar refractivity (Wildman–Crippen MR) is 67.8 cm³/mol. The molecule has 0 aromatic carbocycles. The first-order valence-electron chi connectivity index (χ1n) is 8.53. The summed E-state index contributed by atoms with van der Waals surface area (Å²) in [5, 5.41) is 8.14. The van der Waals surface area contributed by atoms with E-state index < -0.39 is 82.9 Å². The van der Waals surface area contributed by atoms with E-state index in [2.05, 4.69) is 4.74 Å². The molecule has 4 nitrogen and oxygen atoms in total. The number of hydrogen-bond donors (Lipinski definition) is 1. The summed E-state index contributed by atoms with van der Waals surface area (Å²) in [6, 6.07) is 0. The number of rotatable bonds is 5. The smallest absolute Gasteiger partial charge is 0.385 e. The zero-order chi connectivity index (χ0) is 29.7. The Bertz CT molecular complexity index is 923. The van der Waals surface area contributed by atoms with Gasteiger partial charge in [0.2, 0.25) is 0 Å². The first kappa shape index (κ1) is 29.6. The second-order valence-electron chi connectivity index (χ2n) is 7.89. The van der Waals surface area contributed by atoms with Gasteiger partial charge in [0.25, 0.3) is 5.41 Å². The summed E-state index contributed by atoms with van der Waals surface area (Å²) in [6.45, 7) is -2.31. The molecule has 0 aromatic rings. The van der Waals surface area contributed by atoms with Gasteiger partial charge in [0.15, 0.2) is 0 Å². The van der Waals surface area contributed by atoms with Crippen LogP contribution in [0.25, 0.3) is 0 Å². The largest absolute Gasteiger partial charge is 0.542 e. The molecule has 0 spiro atoms. The van der Waals surface area contributed by atoms with Crippen LogP contribution in [-0.4, -0.2) is 82.6 Å². The van der Waals surface area contributed by atoms with Crippen LogP contribution in [0.2, 0.25) is 0 Å². The van der Waals surface area contributed by atoms with E-state index in [1.807, 2.05) is 0 Å². The molecule has 0 unspecified atom stereocenters. The highest BCUT2D eigenvalue weighted by Crippen LogP contribution is 2.92. The Morgan fingerprint density at radius 2 is 0.838 bits per heavy atom. The molecule has 0 radical (unpaired) electrons. The van der Waals surface area contributed by atoms with E-state index in [-0.39, 0.29) is 0 Å². The van der Waals surface area contributed by atoms with Crippen LogP contribution in [0.5, 0.6) is 0 Å². The summed E-state index contributed by atoms with van der Waals surface area (Å²) < 4.78 is 278. The molecule has 4 saturated carbocycles. The van der Waals surface area contributed by atoms with Crippen molar-refractivity contribution in [3.8, 4) is 0 Å². The van der Waals surface area contributed by atoms with Crippen LogP contribution >= 0.6 is 0 Å². The third-order valence-electron chi connectivity index (χ3n) is 6.35. The van der Waals surface area contributed by atoms with Crippen LogP contribution in [0.1, 0.15) is 0 Å². The Kier molecular flexibility index (Phi) is 5.15. The lowest BCUT2D eigenvalue weighted by molar-refractivity contribution is -0.649. The second kappa shape index (κ2) is 6.43. The molecular formula is C14H3F19O4. The van der Waals surface area contributed by atoms with Crippen molar-refractivity contribution in [2.45, 2.75) is 64.9 Å². The Morgan fingerprint density at radius 1 is 0.568 bits per heavy atom. The van der Waals surface area contributed by atoms with Crippen molar-refractivity contribution in [3.63, 3.8) is 0 Å². The fourth-order valence-electron chi connectivity index (χ4n) is 4.81. The topological polar surface area (TPSA) is 55.8 Å². The number of esters is 1. The van der Waals surface area contributed by atoms with Gasteiger partial charge < -0.3 is 9.84 Å². The van der Waals surface area contributed by atoms with Gasteiger partial charge in [-0.25, -0.2) is 49.0 Å². The van der Waals surface area contributed by atoms with Crippen LogP contribution in [0, 0.1) is 5.41 Å².